The van der Waals surface area contributed by atoms with E-state index in [0.29, 0.717) is 11.1 Å². The van der Waals surface area contributed by atoms with Crippen LogP contribution in [-0.4, -0.2) is 24.9 Å². The normalized spacial score (nSPS) is 13.5. The van der Waals surface area contributed by atoms with E-state index in [-0.39, 0.29) is 11.8 Å². The summed E-state index contributed by atoms with van der Waals surface area (Å²) >= 11 is 0. The summed E-state index contributed by atoms with van der Waals surface area (Å²) in [5, 5.41) is 4.24. The minimum absolute atomic E-state index is 0.299. The second kappa shape index (κ2) is 4.63. The van der Waals surface area contributed by atoms with Gasteiger partial charge in [-0.15, -0.1) is 0 Å². The third-order valence-corrected chi connectivity index (χ3v) is 3.83. The molecule has 0 aromatic heterocycles. The molecular weight excluding hydrogens is 252 g/mol. The van der Waals surface area contributed by atoms with Crippen molar-refractivity contribution in [3.05, 3.63) is 41.5 Å². The molecule has 1 N–H and O–H groups in total. The quantitative estimate of drug-likeness (QED) is 0.870. The first-order chi connectivity index (χ1) is 9.67. The molecule has 0 saturated carbocycles. The standard InChI is InChI=1S/C16H16N2O2/c1-3-18(4-2)13-9-12-14(16(20)17-15(12)19)11-8-6-5-7-10(11)13/h5-9H,3-4H2,1-2H3,(H,17,19,20). The third kappa shape index (κ3) is 1.68. The van der Waals surface area contributed by atoms with Crippen molar-refractivity contribution in [2.45, 2.75) is 13.8 Å². The molecule has 0 spiro atoms. The maximum atomic E-state index is 12.0. The van der Waals surface area contributed by atoms with Gasteiger partial charge >= 0.3 is 0 Å². The van der Waals surface area contributed by atoms with Crippen LogP contribution in [-0.2, 0) is 0 Å². The summed E-state index contributed by atoms with van der Waals surface area (Å²) in [6.45, 7) is 5.87. The van der Waals surface area contributed by atoms with Gasteiger partial charge in [0.2, 0.25) is 0 Å². The van der Waals surface area contributed by atoms with Crippen LogP contribution in [0.3, 0.4) is 0 Å². The number of nitrogens with zero attached hydrogens (tertiary/aromatic N) is 1. The van der Waals surface area contributed by atoms with Crippen LogP contribution in [0.4, 0.5) is 5.69 Å². The van der Waals surface area contributed by atoms with Crippen LogP contribution in [0, 0.1) is 0 Å². The first-order valence-electron chi connectivity index (χ1n) is 6.83. The van der Waals surface area contributed by atoms with Gasteiger partial charge < -0.3 is 4.90 Å². The summed E-state index contributed by atoms with van der Waals surface area (Å²) in [5.74, 6) is -0.601. The molecule has 0 saturated heterocycles. The van der Waals surface area contributed by atoms with E-state index < -0.39 is 0 Å². The van der Waals surface area contributed by atoms with Crippen molar-refractivity contribution in [3.63, 3.8) is 0 Å². The summed E-state index contributed by atoms with van der Waals surface area (Å²) in [4.78, 5) is 26.1. The van der Waals surface area contributed by atoms with Gasteiger partial charge in [0.25, 0.3) is 11.8 Å². The van der Waals surface area contributed by atoms with Crippen molar-refractivity contribution < 1.29 is 9.59 Å². The van der Waals surface area contributed by atoms with Crippen LogP contribution in [0.15, 0.2) is 30.3 Å². The fourth-order valence-electron chi connectivity index (χ4n) is 2.84. The van der Waals surface area contributed by atoms with Gasteiger partial charge in [0.1, 0.15) is 0 Å². The van der Waals surface area contributed by atoms with E-state index in [1.807, 2.05) is 30.3 Å². The zero-order valence-electron chi connectivity index (χ0n) is 11.6. The van der Waals surface area contributed by atoms with Gasteiger partial charge in [-0.3, -0.25) is 14.9 Å². The maximum absolute atomic E-state index is 12.0. The number of hydrogen-bond acceptors (Lipinski definition) is 3. The van der Waals surface area contributed by atoms with Gasteiger partial charge in [-0.2, -0.15) is 0 Å². The van der Waals surface area contributed by atoms with Crippen LogP contribution < -0.4 is 10.2 Å². The number of carbonyl (C=O) groups is 2. The van der Waals surface area contributed by atoms with E-state index in [1.165, 1.54) is 0 Å². The molecule has 0 fully saturated rings. The number of hydrogen-bond donors (Lipinski definition) is 1. The largest absolute Gasteiger partial charge is 0.372 e. The topological polar surface area (TPSA) is 49.4 Å². The fraction of sp³-hybridized carbons (Fsp3) is 0.250. The van der Waals surface area contributed by atoms with E-state index in [4.69, 9.17) is 0 Å². The summed E-state index contributed by atoms with van der Waals surface area (Å²) in [6, 6.07) is 9.59. The Labute approximate surface area is 117 Å². The van der Waals surface area contributed by atoms with Crippen molar-refractivity contribution in [3.8, 4) is 0 Å². The van der Waals surface area contributed by atoms with Gasteiger partial charge in [0, 0.05) is 24.2 Å². The Bertz CT molecular complexity index is 718. The Kier molecular flexibility index (Phi) is 2.93. The van der Waals surface area contributed by atoms with Crippen LogP contribution in [0.25, 0.3) is 10.8 Å². The molecule has 0 aliphatic carbocycles. The Balaban J connectivity index is 2.38. The molecule has 102 valence electrons. The molecule has 4 heteroatoms. The van der Waals surface area contributed by atoms with Crippen LogP contribution in [0.1, 0.15) is 34.6 Å². The lowest BCUT2D eigenvalue weighted by Gasteiger charge is -2.23. The maximum Gasteiger partial charge on any atom is 0.259 e. The predicted molar refractivity (Wildman–Crippen MR) is 79.3 cm³/mol. The van der Waals surface area contributed by atoms with Crippen molar-refractivity contribution in [1.82, 2.24) is 5.32 Å². The average molecular weight is 268 g/mol. The van der Waals surface area contributed by atoms with Gasteiger partial charge in [0.05, 0.1) is 11.1 Å². The lowest BCUT2D eigenvalue weighted by molar-refractivity contribution is 0.0880. The molecule has 3 rings (SSSR count). The Morgan fingerprint density at radius 3 is 2.30 bits per heavy atom. The van der Waals surface area contributed by atoms with Crippen LogP contribution in [0.5, 0.6) is 0 Å². The Morgan fingerprint density at radius 1 is 1.00 bits per heavy atom. The van der Waals surface area contributed by atoms with E-state index >= 15 is 0 Å². The molecule has 0 atom stereocenters. The number of amides is 2. The van der Waals surface area contributed by atoms with E-state index in [0.717, 1.165) is 29.5 Å². The van der Waals surface area contributed by atoms with Gasteiger partial charge in [-0.1, -0.05) is 24.3 Å². The summed E-state index contributed by atoms with van der Waals surface area (Å²) < 4.78 is 0. The van der Waals surface area contributed by atoms with Crippen molar-refractivity contribution in [1.29, 1.82) is 0 Å². The fourth-order valence-corrected chi connectivity index (χ4v) is 2.84. The lowest BCUT2D eigenvalue weighted by atomic mass is 9.98. The minimum Gasteiger partial charge on any atom is -0.372 e. The Morgan fingerprint density at radius 2 is 1.65 bits per heavy atom. The highest BCUT2D eigenvalue weighted by molar-refractivity contribution is 6.28. The zero-order chi connectivity index (χ0) is 14.3. The van der Waals surface area contributed by atoms with Crippen molar-refractivity contribution in [2.75, 3.05) is 18.0 Å². The first-order valence-corrected chi connectivity index (χ1v) is 6.83. The molecule has 20 heavy (non-hydrogen) atoms. The molecule has 1 aliphatic rings. The molecule has 4 nitrogen and oxygen atoms in total. The summed E-state index contributed by atoms with van der Waals surface area (Å²) in [7, 11) is 0. The van der Waals surface area contributed by atoms with Crippen LogP contribution in [0.2, 0.25) is 0 Å². The molecule has 0 bridgehead atoms. The van der Waals surface area contributed by atoms with E-state index in [9.17, 15) is 9.59 Å². The number of imide groups is 1. The highest BCUT2D eigenvalue weighted by Crippen LogP contribution is 2.34. The molecule has 2 aromatic rings. The molecular formula is C16H16N2O2. The molecule has 1 heterocycles. The smallest absolute Gasteiger partial charge is 0.259 e. The SMILES string of the molecule is CCN(CC)c1cc2c(c3ccccc13)C(=O)NC2=O. The van der Waals surface area contributed by atoms with Gasteiger partial charge in [-0.25, -0.2) is 0 Å². The molecule has 2 aromatic carbocycles. The summed E-state index contributed by atoms with van der Waals surface area (Å²) in [5.41, 5.74) is 1.99. The van der Waals surface area contributed by atoms with Crippen molar-refractivity contribution >= 4 is 28.3 Å². The predicted octanol–water partition coefficient (Wildman–Crippen LogP) is 2.57. The number of carbonyl (C=O) groups excluding carboxylic acids is 2. The summed E-state index contributed by atoms with van der Waals surface area (Å²) in [6.07, 6.45) is 0. The van der Waals surface area contributed by atoms with Gasteiger partial charge in [-0.05, 0) is 25.3 Å². The molecule has 1 aliphatic heterocycles. The highest BCUT2D eigenvalue weighted by Gasteiger charge is 2.30. The number of benzene rings is 2. The molecule has 2 amide bonds. The number of nitrogens with one attached hydrogen (secondary N) is 1. The number of rotatable bonds is 3. The van der Waals surface area contributed by atoms with Crippen LogP contribution >= 0.6 is 0 Å². The number of anilines is 1. The highest BCUT2D eigenvalue weighted by atomic mass is 16.2. The van der Waals surface area contributed by atoms with E-state index in [2.05, 4.69) is 24.1 Å². The monoisotopic (exact) mass is 268 g/mol. The van der Waals surface area contributed by atoms with Gasteiger partial charge in [0.15, 0.2) is 0 Å². The zero-order valence-corrected chi connectivity index (χ0v) is 11.6. The van der Waals surface area contributed by atoms with E-state index in [1.54, 1.807) is 0 Å². The number of fused-ring (bicyclic) bond motifs is 3. The molecule has 0 unspecified atom stereocenters. The first kappa shape index (κ1) is 12.7. The third-order valence-electron chi connectivity index (χ3n) is 3.83. The average Bonchev–Trinajstić information content (AvgIpc) is 2.75. The second-order valence-corrected chi connectivity index (χ2v) is 4.82. The lowest BCUT2D eigenvalue weighted by Crippen LogP contribution is -2.22. The Hall–Kier alpha value is -2.36. The molecule has 0 radical (unpaired) electrons. The second-order valence-electron chi connectivity index (χ2n) is 4.82. The minimum atomic E-state index is -0.302. The van der Waals surface area contributed by atoms with Crippen molar-refractivity contribution in [2.24, 2.45) is 0 Å².